The number of ether oxygens (including phenoxy) is 1. The van der Waals surface area contributed by atoms with Crippen LogP contribution in [0.5, 0.6) is 11.5 Å². The third kappa shape index (κ3) is 4.62. The maximum atomic E-state index is 6.34. The summed E-state index contributed by atoms with van der Waals surface area (Å²) in [4.78, 5) is 0. The third-order valence-corrected chi connectivity index (χ3v) is 9.63. The first-order valence-electron chi connectivity index (χ1n) is 12.2. The van der Waals surface area contributed by atoms with E-state index >= 15 is 0 Å². The van der Waals surface area contributed by atoms with E-state index in [-0.39, 0.29) is 0 Å². The molecule has 0 saturated carbocycles. The molecule has 0 N–H and O–H groups in total. The molecule has 1 unspecified atom stereocenters. The van der Waals surface area contributed by atoms with Crippen molar-refractivity contribution in [3.8, 4) is 11.5 Å². The number of hydrogen-bond donors (Lipinski definition) is 0. The fraction of sp³-hybridized carbons (Fsp3) is 0.152. The van der Waals surface area contributed by atoms with Crippen molar-refractivity contribution in [3.05, 3.63) is 131 Å². The zero-order chi connectivity index (χ0) is 24.4. The summed E-state index contributed by atoms with van der Waals surface area (Å²) < 4.78 is 6.34. The van der Waals surface area contributed by atoms with Gasteiger partial charge in [-0.05, 0) is 91.2 Å². The number of benzene rings is 4. The lowest BCUT2D eigenvalue weighted by Gasteiger charge is -2.25. The van der Waals surface area contributed by atoms with Gasteiger partial charge in [0.25, 0.3) is 0 Å². The van der Waals surface area contributed by atoms with Crippen LogP contribution in [0.3, 0.4) is 0 Å². The van der Waals surface area contributed by atoms with Crippen molar-refractivity contribution in [2.24, 2.45) is 5.92 Å². The van der Waals surface area contributed by atoms with E-state index < -0.39 is 7.92 Å². The second kappa shape index (κ2) is 10.1. The molecule has 0 aromatic heterocycles. The minimum Gasteiger partial charge on any atom is -0.457 e. The van der Waals surface area contributed by atoms with Crippen molar-refractivity contribution < 1.29 is 4.74 Å². The van der Waals surface area contributed by atoms with Gasteiger partial charge < -0.3 is 4.74 Å². The molecule has 35 heavy (non-hydrogen) atoms. The van der Waals surface area contributed by atoms with Crippen LogP contribution in [0.4, 0.5) is 0 Å². The molecular formula is C33H31OP. The van der Waals surface area contributed by atoms with Gasteiger partial charge in [0, 0.05) is 5.92 Å². The predicted octanol–water partition coefficient (Wildman–Crippen LogP) is 8.00. The third-order valence-electron chi connectivity index (χ3n) is 7.15. The van der Waals surface area contributed by atoms with Gasteiger partial charge in [-0.15, -0.1) is 0 Å². The molecule has 0 saturated heterocycles. The van der Waals surface area contributed by atoms with E-state index in [2.05, 4.69) is 107 Å². The van der Waals surface area contributed by atoms with Crippen molar-refractivity contribution in [1.29, 1.82) is 0 Å². The Hall–Kier alpha value is -3.41. The van der Waals surface area contributed by atoms with Crippen molar-refractivity contribution >= 4 is 29.4 Å². The molecule has 174 valence electrons. The lowest BCUT2D eigenvalue weighted by molar-refractivity contribution is 0.483. The van der Waals surface area contributed by atoms with Gasteiger partial charge in [-0.2, -0.15) is 0 Å². The summed E-state index contributed by atoms with van der Waals surface area (Å²) in [5.74, 6) is 2.13. The number of para-hydroxylation sites is 1. The van der Waals surface area contributed by atoms with Gasteiger partial charge in [-0.3, -0.25) is 0 Å². The van der Waals surface area contributed by atoms with Crippen LogP contribution in [0.15, 0.2) is 126 Å². The maximum Gasteiger partial charge on any atom is 0.128 e. The highest BCUT2D eigenvalue weighted by Gasteiger charge is 2.29. The van der Waals surface area contributed by atoms with Crippen LogP contribution < -0.4 is 20.7 Å². The topological polar surface area (TPSA) is 9.23 Å². The van der Waals surface area contributed by atoms with E-state index in [9.17, 15) is 0 Å². The Morgan fingerprint density at radius 3 is 1.66 bits per heavy atom. The summed E-state index contributed by atoms with van der Waals surface area (Å²) in [6.07, 6.45) is 0. The molecule has 5 rings (SSSR count). The van der Waals surface area contributed by atoms with E-state index in [1.54, 1.807) is 0 Å². The molecule has 0 radical (unpaired) electrons. The molecule has 1 aliphatic rings. The highest BCUT2D eigenvalue weighted by atomic mass is 31.1. The zero-order valence-corrected chi connectivity index (χ0v) is 21.7. The number of rotatable bonds is 6. The predicted molar refractivity (Wildman–Crippen MR) is 152 cm³/mol. The first-order valence-corrected chi connectivity index (χ1v) is 13.5. The van der Waals surface area contributed by atoms with Crippen LogP contribution in [-0.4, -0.2) is 0 Å². The Balaban J connectivity index is 1.73. The fourth-order valence-electron chi connectivity index (χ4n) is 4.99. The largest absolute Gasteiger partial charge is 0.457 e. The van der Waals surface area contributed by atoms with Crippen molar-refractivity contribution in [3.63, 3.8) is 0 Å². The van der Waals surface area contributed by atoms with Crippen molar-refractivity contribution in [1.82, 2.24) is 0 Å². The van der Waals surface area contributed by atoms with Crippen LogP contribution in [0.1, 0.15) is 33.3 Å². The maximum absolute atomic E-state index is 6.34. The molecule has 0 fully saturated rings. The summed E-state index contributed by atoms with van der Waals surface area (Å²) in [6.45, 7) is 9.16. The molecule has 2 heteroatoms. The Morgan fingerprint density at radius 1 is 0.600 bits per heavy atom. The van der Waals surface area contributed by atoms with Gasteiger partial charge in [0.05, 0.1) is 0 Å². The average Bonchev–Trinajstić information content (AvgIpc) is 3.09. The summed E-state index contributed by atoms with van der Waals surface area (Å²) in [6, 6.07) is 38.6. The smallest absolute Gasteiger partial charge is 0.128 e. The van der Waals surface area contributed by atoms with Crippen LogP contribution in [0.2, 0.25) is 0 Å². The Morgan fingerprint density at radius 2 is 1.14 bits per heavy atom. The van der Waals surface area contributed by atoms with Crippen molar-refractivity contribution in [2.45, 2.75) is 27.7 Å². The molecular weight excluding hydrogens is 443 g/mol. The number of hydrogen-bond acceptors (Lipinski definition) is 1. The van der Waals surface area contributed by atoms with Crippen LogP contribution in [-0.2, 0) is 0 Å². The molecule has 0 aliphatic heterocycles. The van der Waals surface area contributed by atoms with Gasteiger partial charge in [0.1, 0.15) is 11.5 Å². The molecule has 4 aromatic carbocycles. The standard InChI is InChI=1S/C33H31OP/c1-23-24(2)26(4)33(25(23)3)31-21-20-28(34-27-14-8-5-9-15-27)22-32(31)35(29-16-10-6-11-17-29)30-18-12-7-13-19-30/h5-22,25H,1-4H3. The fourth-order valence-corrected chi connectivity index (χ4v) is 7.48. The molecule has 1 atom stereocenters. The molecule has 0 amide bonds. The minimum absolute atomic E-state index is 0.401. The van der Waals surface area contributed by atoms with E-state index in [1.807, 2.05) is 30.3 Å². The first kappa shape index (κ1) is 23.3. The van der Waals surface area contributed by atoms with Gasteiger partial charge in [-0.25, -0.2) is 0 Å². The SMILES string of the molecule is CC1=C(C)C(C)C(c2ccc(Oc3ccccc3)cc2P(c2ccccc2)c2ccccc2)=C1C. The van der Waals surface area contributed by atoms with E-state index in [0.29, 0.717) is 5.92 Å². The summed E-state index contributed by atoms with van der Waals surface area (Å²) in [5.41, 5.74) is 7.08. The van der Waals surface area contributed by atoms with Gasteiger partial charge in [0.2, 0.25) is 0 Å². The van der Waals surface area contributed by atoms with Crippen LogP contribution >= 0.6 is 7.92 Å². The van der Waals surface area contributed by atoms with Crippen molar-refractivity contribution in [2.75, 3.05) is 0 Å². The van der Waals surface area contributed by atoms with Gasteiger partial charge in [-0.1, -0.05) is 97.4 Å². The normalized spacial score (nSPS) is 15.7. The Kier molecular flexibility index (Phi) is 6.71. The monoisotopic (exact) mass is 474 g/mol. The summed E-state index contributed by atoms with van der Waals surface area (Å²) in [5, 5.41) is 4.03. The Bertz CT molecular complexity index is 1350. The van der Waals surface area contributed by atoms with Gasteiger partial charge in [0.15, 0.2) is 0 Å². The number of allylic oxidation sites excluding steroid dienone is 4. The molecule has 0 heterocycles. The molecule has 4 aromatic rings. The second-order valence-corrected chi connectivity index (χ2v) is 11.4. The first-order chi connectivity index (χ1) is 17.0. The quantitative estimate of drug-likeness (QED) is 0.257. The highest BCUT2D eigenvalue weighted by molar-refractivity contribution is 7.80. The molecule has 1 aliphatic carbocycles. The molecule has 0 bridgehead atoms. The van der Waals surface area contributed by atoms with E-state index in [1.165, 1.54) is 43.8 Å². The summed E-state index contributed by atoms with van der Waals surface area (Å²) in [7, 11) is -0.773. The van der Waals surface area contributed by atoms with Gasteiger partial charge >= 0.3 is 0 Å². The highest BCUT2D eigenvalue weighted by Crippen LogP contribution is 2.45. The summed E-state index contributed by atoms with van der Waals surface area (Å²) >= 11 is 0. The zero-order valence-electron chi connectivity index (χ0n) is 20.8. The van der Waals surface area contributed by atoms with Crippen LogP contribution in [0, 0.1) is 5.92 Å². The molecule has 1 nitrogen and oxygen atoms in total. The van der Waals surface area contributed by atoms with E-state index in [4.69, 9.17) is 4.74 Å². The molecule has 0 spiro atoms. The average molecular weight is 475 g/mol. The van der Waals surface area contributed by atoms with E-state index in [0.717, 1.165) is 11.5 Å². The lowest BCUT2D eigenvalue weighted by atomic mass is 9.91. The van der Waals surface area contributed by atoms with Crippen LogP contribution in [0.25, 0.3) is 5.57 Å². The Labute approximate surface area is 210 Å². The lowest BCUT2D eigenvalue weighted by Crippen LogP contribution is -2.24. The minimum atomic E-state index is -0.773. The second-order valence-electron chi connectivity index (χ2n) is 9.17.